The monoisotopic (exact) mass is 772 g/mol. The van der Waals surface area contributed by atoms with Crippen LogP contribution in [0.5, 0.6) is 0 Å². The largest absolute Gasteiger partial charge is 0.481 e. The number of carboxylic acids is 1. The number of carboxylic acid groups (broad SMARTS) is 1. The average molecular weight is 772 g/mol. The van der Waals surface area contributed by atoms with E-state index in [1.54, 1.807) is 0 Å². The summed E-state index contributed by atoms with van der Waals surface area (Å²) < 4.78 is 6.31. The molecular formula is C48H73N3O5. The van der Waals surface area contributed by atoms with Gasteiger partial charge in [0, 0.05) is 57.0 Å². The topological polar surface area (TPSA) is 100 Å². The molecule has 10 atom stereocenters. The number of aromatic nitrogens is 1. The Morgan fingerprint density at radius 2 is 1.62 bits per heavy atom. The first-order valence-electron chi connectivity index (χ1n) is 22.2. The summed E-state index contributed by atoms with van der Waals surface area (Å²) >= 11 is 0. The van der Waals surface area contributed by atoms with E-state index >= 15 is 0 Å². The second kappa shape index (κ2) is 14.8. The van der Waals surface area contributed by atoms with Gasteiger partial charge >= 0.3 is 11.9 Å². The van der Waals surface area contributed by atoms with E-state index in [9.17, 15) is 19.5 Å². The number of allylic oxidation sites excluding steroid dienone is 1. The van der Waals surface area contributed by atoms with Gasteiger partial charge in [-0.1, -0.05) is 66.7 Å². The summed E-state index contributed by atoms with van der Waals surface area (Å²) in [4.78, 5) is 48.0. The fraction of sp³-hybridized carbons (Fsp3) is 0.792. The Morgan fingerprint density at radius 1 is 0.893 bits per heavy atom. The lowest BCUT2D eigenvalue weighted by molar-refractivity contribution is -0.250. The van der Waals surface area contributed by atoms with E-state index in [2.05, 4.69) is 69.0 Å². The summed E-state index contributed by atoms with van der Waals surface area (Å²) in [6.45, 7) is 27.5. The number of pyridine rings is 1. The third-order valence-electron chi connectivity index (χ3n) is 18.1. The summed E-state index contributed by atoms with van der Waals surface area (Å²) in [5.74, 6) is 1.87. The van der Waals surface area contributed by atoms with E-state index in [-0.39, 0.29) is 52.0 Å². The highest BCUT2D eigenvalue weighted by molar-refractivity contribution is 5.77. The van der Waals surface area contributed by atoms with Crippen molar-refractivity contribution in [3.8, 4) is 0 Å². The fourth-order valence-corrected chi connectivity index (χ4v) is 15.2. The predicted molar refractivity (Wildman–Crippen MR) is 220 cm³/mol. The summed E-state index contributed by atoms with van der Waals surface area (Å²) in [6.07, 6.45) is 15.8. The molecule has 1 saturated heterocycles. The molecule has 1 N–H and O–H groups in total. The van der Waals surface area contributed by atoms with E-state index in [0.29, 0.717) is 41.9 Å². The summed E-state index contributed by atoms with van der Waals surface area (Å²) in [5.41, 5.74) is 2.36. The zero-order valence-electron chi connectivity index (χ0n) is 36.1. The zero-order chi connectivity index (χ0) is 40.5. The minimum atomic E-state index is -0.882. The van der Waals surface area contributed by atoms with Crippen molar-refractivity contribution in [2.75, 3.05) is 26.2 Å². The number of aliphatic carboxylic acids is 1. The molecule has 2 heterocycles. The molecule has 0 unspecified atom stereocenters. The number of hydrogen-bond donors (Lipinski definition) is 1. The highest BCUT2D eigenvalue weighted by Crippen LogP contribution is 2.78. The van der Waals surface area contributed by atoms with Crippen LogP contribution in [-0.2, 0) is 25.7 Å². The molecule has 6 fully saturated rings. The first-order chi connectivity index (χ1) is 26.2. The van der Waals surface area contributed by atoms with Gasteiger partial charge in [-0.05, 0) is 139 Å². The summed E-state index contributed by atoms with van der Waals surface area (Å²) in [6, 6.07) is 4.14. The number of fused-ring (bicyclic) bond motifs is 7. The van der Waals surface area contributed by atoms with Crippen LogP contribution < -0.4 is 0 Å². The molecule has 0 bridgehead atoms. The number of esters is 1. The Bertz CT molecular complexity index is 1670. The Labute approximate surface area is 338 Å². The van der Waals surface area contributed by atoms with Crippen molar-refractivity contribution in [2.24, 2.45) is 62.1 Å². The van der Waals surface area contributed by atoms with Gasteiger partial charge in [-0.25, -0.2) is 0 Å². The second-order valence-corrected chi connectivity index (χ2v) is 22.0. The highest BCUT2D eigenvalue weighted by atomic mass is 16.5. The van der Waals surface area contributed by atoms with Crippen molar-refractivity contribution in [3.63, 3.8) is 0 Å². The first-order valence-corrected chi connectivity index (χ1v) is 22.2. The predicted octanol–water partition coefficient (Wildman–Crippen LogP) is 9.58. The molecule has 1 aromatic rings. The number of hydrogen-bond acceptors (Lipinski definition) is 6. The van der Waals surface area contributed by atoms with Gasteiger partial charge in [-0.2, -0.15) is 0 Å². The number of ether oxygens (including phenoxy) is 1. The van der Waals surface area contributed by atoms with Crippen LogP contribution in [0.15, 0.2) is 36.7 Å². The van der Waals surface area contributed by atoms with Gasteiger partial charge in [-0.3, -0.25) is 24.3 Å². The summed E-state index contributed by atoms with van der Waals surface area (Å²) in [5, 5.41) is 9.38. The van der Waals surface area contributed by atoms with Gasteiger partial charge in [0.1, 0.15) is 6.10 Å². The number of carbonyl (C=O) groups excluding carboxylic acids is 2. The molecule has 8 nitrogen and oxygen atoms in total. The van der Waals surface area contributed by atoms with Crippen LogP contribution >= 0.6 is 0 Å². The first kappa shape index (κ1) is 41.4. The fourth-order valence-electron chi connectivity index (χ4n) is 15.2. The Morgan fingerprint density at radius 3 is 2.29 bits per heavy atom. The van der Waals surface area contributed by atoms with E-state index in [4.69, 9.17) is 4.74 Å². The Hall–Kier alpha value is -2.74. The van der Waals surface area contributed by atoms with Crippen LogP contribution in [-0.4, -0.2) is 70.0 Å². The molecule has 0 spiro atoms. The number of rotatable bonds is 10. The third kappa shape index (κ3) is 7.08. The Kier molecular flexibility index (Phi) is 11.0. The van der Waals surface area contributed by atoms with Crippen molar-refractivity contribution >= 4 is 17.8 Å². The zero-order valence-corrected chi connectivity index (χ0v) is 36.1. The van der Waals surface area contributed by atoms with Gasteiger partial charge in [0.2, 0.25) is 5.91 Å². The van der Waals surface area contributed by atoms with Crippen LogP contribution in [0.1, 0.15) is 144 Å². The summed E-state index contributed by atoms with van der Waals surface area (Å²) in [7, 11) is 0. The van der Waals surface area contributed by atoms with Crippen molar-refractivity contribution < 1.29 is 24.2 Å². The molecular weight excluding hydrogens is 699 g/mol. The highest BCUT2D eigenvalue weighted by Gasteiger charge is 2.71. The van der Waals surface area contributed by atoms with Crippen LogP contribution in [0.25, 0.3) is 0 Å². The molecule has 1 amide bonds. The van der Waals surface area contributed by atoms with E-state index in [0.717, 1.165) is 64.8 Å². The van der Waals surface area contributed by atoms with Gasteiger partial charge in [0.25, 0.3) is 0 Å². The molecule has 1 aliphatic heterocycles. The van der Waals surface area contributed by atoms with E-state index in [1.807, 2.05) is 32.3 Å². The van der Waals surface area contributed by atoms with Crippen LogP contribution in [0.4, 0.5) is 0 Å². The number of carbonyl (C=O) groups is 3. The van der Waals surface area contributed by atoms with Crippen LogP contribution in [0.2, 0.25) is 0 Å². The lowest BCUT2D eigenvalue weighted by Gasteiger charge is -2.73. The van der Waals surface area contributed by atoms with Crippen LogP contribution in [0.3, 0.4) is 0 Å². The number of piperazine rings is 1. The molecule has 0 aromatic carbocycles. The van der Waals surface area contributed by atoms with Gasteiger partial charge in [0.15, 0.2) is 0 Å². The van der Waals surface area contributed by atoms with Crippen molar-refractivity contribution in [2.45, 2.75) is 152 Å². The molecule has 5 saturated carbocycles. The maximum atomic E-state index is 14.4. The lowest BCUT2D eigenvalue weighted by atomic mass is 9.32. The molecule has 0 radical (unpaired) electrons. The second-order valence-electron chi connectivity index (χ2n) is 22.0. The normalized spacial score (nSPS) is 39.4. The van der Waals surface area contributed by atoms with Gasteiger partial charge < -0.3 is 14.7 Å². The molecule has 56 heavy (non-hydrogen) atoms. The van der Waals surface area contributed by atoms with E-state index < -0.39 is 11.4 Å². The minimum absolute atomic E-state index is 0.0481. The van der Waals surface area contributed by atoms with Crippen LogP contribution in [0, 0.1) is 62.1 Å². The number of nitrogens with zero attached hydrogens (tertiary/aromatic N) is 3. The smallest absolute Gasteiger partial charge is 0.306 e. The molecule has 5 aliphatic carbocycles. The molecule has 7 rings (SSSR count). The third-order valence-corrected chi connectivity index (χ3v) is 18.1. The maximum Gasteiger partial charge on any atom is 0.306 e. The molecule has 8 heteroatoms. The molecule has 1 aromatic heterocycles. The SMILES string of the molecule is C=C(C)[C@@H]1CC[C@]2(CC(=O)N3CCN(Cc4cccnc4)CC3)CC[C@]3(C)[C@H](CC[C@@H]4[C@@]5(C)CC[C@H](OC(=O)CC(C)(C)CC(=O)O)C(C)(C)[C@@H]5CC[C@]43C)[C@@H]12. The number of amides is 1. The quantitative estimate of drug-likeness (QED) is 0.187. The minimum Gasteiger partial charge on any atom is -0.481 e. The lowest BCUT2D eigenvalue weighted by Crippen LogP contribution is -2.67. The van der Waals surface area contributed by atoms with E-state index in [1.165, 1.54) is 43.2 Å². The van der Waals surface area contributed by atoms with Crippen molar-refractivity contribution in [1.82, 2.24) is 14.8 Å². The van der Waals surface area contributed by atoms with Crippen molar-refractivity contribution in [3.05, 3.63) is 42.2 Å². The average Bonchev–Trinajstić information content (AvgIpc) is 3.49. The molecule has 6 aliphatic rings. The maximum absolute atomic E-state index is 14.4. The molecule has 310 valence electrons. The Balaban J connectivity index is 1.06. The standard InChI is InChI=1S/C48H73N3O5/c1-32(2)34-14-19-48(27-39(52)51-25-23-50(24-26-51)31-33-11-10-22-49-30-33)21-20-46(8)35(42(34)48)12-13-37-45(7)17-16-38(44(5,6)36(45)15-18-47(37,46)9)56-41(55)29-43(3,4)28-40(53)54/h10-11,22,30,34-38,42H,1,12-21,23-29,31H2,2-9H3,(H,53,54)/t34-,35+,36-,37+,38-,42+,45-,46+,47+,48+/m0/s1. The van der Waals surface area contributed by atoms with Crippen molar-refractivity contribution in [1.29, 1.82) is 0 Å². The van der Waals surface area contributed by atoms with Gasteiger partial charge in [0.05, 0.1) is 12.8 Å². The van der Waals surface area contributed by atoms with Gasteiger partial charge in [-0.15, -0.1) is 0 Å².